The fourth-order valence-corrected chi connectivity index (χ4v) is 3.47. The highest BCUT2D eigenvalue weighted by atomic mass is 127. The van der Waals surface area contributed by atoms with Gasteiger partial charge in [-0.3, -0.25) is 9.79 Å². The average Bonchev–Trinajstić information content (AvgIpc) is 2.64. The molecule has 1 aliphatic carbocycles. The first-order chi connectivity index (χ1) is 12.0. The van der Waals surface area contributed by atoms with E-state index in [4.69, 9.17) is 0 Å². The molecule has 26 heavy (non-hydrogen) atoms. The molecule has 1 amide bonds. The first-order valence-corrected chi connectivity index (χ1v) is 9.26. The Balaban J connectivity index is 0.00000338. The molecule has 2 N–H and O–H groups in total. The largest absolute Gasteiger partial charge is 0.355 e. The monoisotopic (exact) mass is 472 g/mol. The lowest BCUT2D eigenvalue weighted by atomic mass is 9.83. The number of guanidine groups is 1. The molecule has 0 atom stereocenters. The predicted octanol–water partition coefficient (Wildman–Crippen LogP) is 3.50. The summed E-state index contributed by atoms with van der Waals surface area (Å²) in [6.07, 6.45) is 5.34. The summed E-state index contributed by atoms with van der Waals surface area (Å²) in [6.45, 7) is 4.12. The van der Waals surface area contributed by atoms with E-state index < -0.39 is 0 Å². The number of halogens is 1. The molecule has 146 valence electrons. The maximum absolute atomic E-state index is 11.6. The Bertz CT molecular complexity index is 580. The maximum atomic E-state index is 11.6. The summed E-state index contributed by atoms with van der Waals surface area (Å²) >= 11 is 0. The molecule has 0 heterocycles. The predicted molar refractivity (Wildman–Crippen MR) is 119 cm³/mol. The normalized spacial score (nSPS) is 20.1. The number of benzene rings is 1. The number of nitrogens with zero attached hydrogens (tertiary/aromatic N) is 2. The third-order valence-corrected chi connectivity index (χ3v) is 5.13. The van der Waals surface area contributed by atoms with Crippen molar-refractivity contribution in [2.75, 3.05) is 27.7 Å². The number of hydrogen-bond donors (Lipinski definition) is 2. The number of carbonyl (C=O) groups is 1. The van der Waals surface area contributed by atoms with Crippen molar-refractivity contribution in [3.8, 4) is 0 Å². The molecule has 1 fully saturated rings. The van der Waals surface area contributed by atoms with Crippen molar-refractivity contribution in [2.24, 2.45) is 16.8 Å². The standard InChI is InChI=1S/C20H32N4O.HI/c1-15-5-7-17(8-6-15)14-24(4)20(22-3)23-13-16-9-11-18(12-10-16)19(25)21-2;/h9-12,15,17H,5-8,13-14H2,1-4H3,(H,21,25)(H,22,23);1H. The number of amides is 1. The molecule has 5 nitrogen and oxygen atoms in total. The van der Waals surface area contributed by atoms with Crippen LogP contribution >= 0.6 is 24.0 Å². The SMILES string of the molecule is CN=C(NCc1ccc(C(=O)NC)cc1)N(C)CC1CCC(C)CC1.I. The molecule has 0 aromatic heterocycles. The summed E-state index contributed by atoms with van der Waals surface area (Å²) in [6, 6.07) is 7.66. The van der Waals surface area contributed by atoms with Crippen molar-refractivity contribution in [1.29, 1.82) is 0 Å². The van der Waals surface area contributed by atoms with Crippen molar-refractivity contribution >= 4 is 35.8 Å². The van der Waals surface area contributed by atoms with Crippen molar-refractivity contribution in [3.63, 3.8) is 0 Å². The number of carbonyl (C=O) groups excluding carboxylic acids is 1. The highest BCUT2D eigenvalue weighted by Gasteiger charge is 2.20. The summed E-state index contributed by atoms with van der Waals surface area (Å²) in [5, 5.41) is 6.06. The van der Waals surface area contributed by atoms with E-state index in [9.17, 15) is 4.79 Å². The molecular formula is C20H33IN4O. The molecule has 1 aromatic rings. The highest BCUT2D eigenvalue weighted by Crippen LogP contribution is 2.28. The van der Waals surface area contributed by atoms with Crippen LogP contribution in [0.15, 0.2) is 29.3 Å². The van der Waals surface area contributed by atoms with E-state index in [-0.39, 0.29) is 29.9 Å². The van der Waals surface area contributed by atoms with Crippen LogP contribution in [0.1, 0.15) is 48.5 Å². The Morgan fingerprint density at radius 3 is 2.35 bits per heavy atom. The molecule has 2 rings (SSSR count). The van der Waals surface area contributed by atoms with Crippen LogP contribution in [0.3, 0.4) is 0 Å². The Hall–Kier alpha value is -1.31. The number of hydrogen-bond acceptors (Lipinski definition) is 2. The lowest BCUT2D eigenvalue weighted by molar-refractivity contribution is 0.0963. The van der Waals surface area contributed by atoms with Crippen LogP contribution in [-0.4, -0.2) is 44.5 Å². The van der Waals surface area contributed by atoms with Crippen LogP contribution in [0, 0.1) is 11.8 Å². The van der Waals surface area contributed by atoms with Crippen LogP contribution < -0.4 is 10.6 Å². The minimum absolute atomic E-state index is 0. The van der Waals surface area contributed by atoms with Gasteiger partial charge in [-0.2, -0.15) is 0 Å². The number of rotatable bonds is 5. The van der Waals surface area contributed by atoms with Gasteiger partial charge in [0, 0.05) is 39.8 Å². The van der Waals surface area contributed by atoms with Crippen LogP contribution in [0.4, 0.5) is 0 Å². The molecule has 0 spiro atoms. The smallest absolute Gasteiger partial charge is 0.251 e. The Morgan fingerprint density at radius 1 is 1.19 bits per heavy atom. The van der Waals surface area contributed by atoms with Crippen molar-refractivity contribution in [2.45, 2.75) is 39.2 Å². The van der Waals surface area contributed by atoms with Gasteiger partial charge in [-0.15, -0.1) is 24.0 Å². The Labute approximate surface area is 175 Å². The second-order valence-electron chi connectivity index (χ2n) is 7.18. The van der Waals surface area contributed by atoms with Gasteiger partial charge in [-0.1, -0.05) is 31.9 Å². The van der Waals surface area contributed by atoms with Crippen LogP contribution in [0.2, 0.25) is 0 Å². The molecule has 0 aliphatic heterocycles. The molecule has 0 bridgehead atoms. The average molecular weight is 472 g/mol. The summed E-state index contributed by atoms with van der Waals surface area (Å²) in [7, 11) is 5.59. The molecule has 1 saturated carbocycles. The minimum Gasteiger partial charge on any atom is -0.355 e. The molecule has 6 heteroatoms. The van der Waals surface area contributed by atoms with E-state index in [2.05, 4.69) is 34.5 Å². The van der Waals surface area contributed by atoms with E-state index in [1.807, 2.05) is 31.3 Å². The summed E-state index contributed by atoms with van der Waals surface area (Å²) in [5.74, 6) is 2.52. The number of aliphatic imine (C=N–C) groups is 1. The second kappa shape index (κ2) is 11.4. The van der Waals surface area contributed by atoms with E-state index in [0.717, 1.165) is 29.9 Å². The maximum Gasteiger partial charge on any atom is 0.251 e. The van der Waals surface area contributed by atoms with Crippen LogP contribution in [-0.2, 0) is 6.54 Å². The van der Waals surface area contributed by atoms with Gasteiger partial charge >= 0.3 is 0 Å². The van der Waals surface area contributed by atoms with Gasteiger partial charge in [0.1, 0.15) is 0 Å². The van der Waals surface area contributed by atoms with E-state index in [1.165, 1.54) is 25.7 Å². The summed E-state index contributed by atoms with van der Waals surface area (Å²) < 4.78 is 0. The first-order valence-electron chi connectivity index (χ1n) is 9.26. The van der Waals surface area contributed by atoms with Crippen molar-refractivity contribution in [3.05, 3.63) is 35.4 Å². The van der Waals surface area contributed by atoms with Crippen molar-refractivity contribution < 1.29 is 4.79 Å². The molecule has 1 aromatic carbocycles. The molecule has 1 aliphatic rings. The zero-order valence-electron chi connectivity index (χ0n) is 16.4. The fraction of sp³-hybridized carbons (Fsp3) is 0.600. The first kappa shape index (κ1) is 22.7. The lowest BCUT2D eigenvalue weighted by Gasteiger charge is -2.31. The zero-order valence-corrected chi connectivity index (χ0v) is 18.7. The molecular weight excluding hydrogens is 439 g/mol. The van der Waals surface area contributed by atoms with E-state index in [1.54, 1.807) is 7.05 Å². The number of nitrogens with one attached hydrogen (secondary N) is 2. The molecule has 0 saturated heterocycles. The topological polar surface area (TPSA) is 56.7 Å². The lowest BCUT2D eigenvalue weighted by Crippen LogP contribution is -2.41. The molecule has 0 radical (unpaired) electrons. The minimum atomic E-state index is -0.0585. The Morgan fingerprint density at radius 2 is 1.81 bits per heavy atom. The summed E-state index contributed by atoms with van der Waals surface area (Å²) in [4.78, 5) is 18.2. The Kier molecular flexibility index (Phi) is 9.98. The second-order valence-corrected chi connectivity index (χ2v) is 7.18. The third-order valence-electron chi connectivity index (χ3n) is 5.13. The zero-order chi connectivity index (χ0) is 18.2. The highest BCUT2D eigenvalue weighted by molar-refractivity contribution is 14.0. The van der Waals surface area contributed by atoms with Gasteiger partial charge in [-0.05, 0) is 42.4 Å². The molecule has 0 unspecified atom stereocenters. The fourth-order valence-electron chi connectivity index (χ4n) is 3.47. The van der Waals surface area contributed by atoms with E-state index >= 15 is 0 Å². The van der Waals surface area contributed by atoms with Gasteiger partial charge in [0.2, 0.25) is 0 Å². The van der Waals surface area contributed by atoms with Crippen molar-refractivity contribution in [1.82, 2.24) is 15.5 Å². The van der Waals surface area contributed by atoms with Crippen LogP contribution in [0.25, 0.3) is 0 Å². The van der Waals surface area contributed by atoms with Gasteiger partial charge < -0.3 is 15.5 Å². The quantitative estimate of drug-likeness (QED) is 0.392. The van der Waals surface area contributed by atoms with Crippen LogP contribution in [0.5, 0.6) is 0 Å². The van der Waals surface area contributed by atoms with Gasteiger partial charge in [0.05, 0.1) is 0 Å². The van der Waals surface area contributed by atoms with Gasteiger partial charge in [0.25, 0.3) is 5.91 Å². The third kappa shape index (κ3) is 6.78. The van der Waals surface area contributed by atoms with Gasteiger partial charge in [-0.25, -0.2) is 0 Å². The van der Waals surface area contributed by atoms with Gasteiger partial charge in [0.15, 0.2) is 5.96 Å². The summed E-state index contributed by atoms with van der Waals surface area (Å²) in [5.41, 5.74) is 1.81. The van der Waals surface area contributed by atoms with E-state index in [0.29, 0.717) is 12.1 Å².